The molecule has 8 heteroatoms. The Labute approximate surface area is 159 Å². The van der Waals surface area contributed by atoms with Gasteiger partial charge in [0.25, 0.3) is 5.91 Å². The van der Waals surface area contributed by atoms with Crippen molar-refractivity contribution in [3.8, 4) is 0 Å². The van der Waals surface area contributed by atoms with Gasteiger partial charge in [-0.05, 0) is 50.5 Å². The van der Waals surface area contributed by atoms with Crippen LogP contribution in [-0.2, 0) is 4.79 Å². The second-order valence-electron chi connectivity index (χ2n) is 8.00. The predicted molar refractivity (Wildman–Crippen MR) is 99.7 cm³/mol. The summed E-state index contributed by atoms with van der Waals surface area (Å²) in [5.41, 5.74) is 0.399. The van der Waals surface area contributed by atoms with Gasteiger partial charge in [0.05, 0.1) is 6.54 Å². The van der Waals surface area contributed by atoms with E-state index in [2.05, 4.69) is 25.1 Å². The lowest BCUT2D eigenvalue weighted by Gasteiger charge is -2.42. The SMILES string of the molecule is O=C(O)CN(CC1CC1)C1CC(NC(=O)c2ccnc(N3CCCC3)n2)C1. The van der Waals surface area contributed by atoms with Gasteiger partial charge in [-0.25, -0.2) is 9.97 Å². The van der Waals surface area contributed by atoms with Crippen molar-refractivity contribution in [1.82, 2.24) is 20.2 Å². The molecule has 1 aromatic heterocycles. The number of nitrogens with one attached hydrogen (secondary N) is 1. The number of aromatic nitrogens is 2. The zero-order valence-corrected chi connectivity index (χ0v) is 15.5. The summed E-state index contributed by atoms with van der Waals surface area (Å²) in [5, 5.41) is 12.2. The number of amides is 1. The molecular formula is C19H27N5O3. The molecule has 0 bridgehead atoms. The van der Waals surface area contributed by atoms with E-state index in [0.29, 0.717) is 17.6 Å². The summed E-state index contributed by atoms with van der Waals surface area (Å²) in [5.74, 6) is 0.332. The van der Waals surface area contributed by atoms with Crippen LogP contribution in [-0.4, -0.2) is 70.1 Å². The third-order valence-corrected chi connectivity index (χ3v) is 5.76. The zero-order valence-electron chi connectivity index (χ0n) is 15.5. The summed E-state index contributed by atoms with van der Waals surface area (Å²) in [6, 6.07) is 1.98. The van der Waals surface area contributed by atoms with Gasteiger partial charge in [-0.1, -0.05) is 0 Å². The molecule has 2 saturated carbocycles. The van der Waals surface area contributed by atoms with Crippen LogP contribution >= 0.6 is 0 Å². The highest BCUT2D eigenvalue weighted by molar-refractivity contribution is 5.92. The summed E-state index contributed by atoms with van der Waals surface area (Å²) in [6.07, 6.45) is 7.93. The van der Waals surface area contributed by atoms with E-state index in [1.807, 2.05) is 0 Å². The van der Waals surface area contributed by atoms with Gasteiger partial charge in [-0.3, -0.25) is 14.5 Å². The molecule has 1 aliphatic heterocycles. The zero-order chi connectivity index (χ0) is 18.8. The fraction of sp³-hybridized carbons (Fsp3) is 0.684. The Balaban J connectivity index is 1.29. The molecule has 2 heterocycles. The maximum atomic E-state index is 12.5. The number of carboxylic acids is 1. The molecule has 2 aliphatic carbocycles. The first-order valence-electron chi connectivity index (χ1n) is 9.93. The number of hydrogen-bond acceptors (Lipinski definition) is 6. The van der Waals surface area contributed by atoms with Gasteiger partial charge < -0.3 is 15.3 Å². The van der Waals surface area contributed by atoms with E-state index in [0.717, 1.165) is 45.3 Å². The third kappa shape index (κ3) is 4.55. The van der Waals surface area contributed by atoms with Crippen molar-refractivity contribution in [1.29, 1.82) is 0 Å². The highest BCUT2D eigenvalue weighted by Crippen LogP contribution is 2.33. The number of hydrogen-bond donors (Lipinski definition) is 2. The van der Waals surface area contributed by atoms with Crippen LogP contribution < -0.4 is 10.2 Å². The van der Waals surface area contributed by atoms with Gasteiger partial charge in [0.15, 0.2) is 0 Å². The lowest BCUT2D eigenvalue weighted by Crippen LogP contribution is -2.55. The molecule has 1 aromatic rings. The summed E-state index contributed by atoms with van der Waals surface area (Å²) >= 11 is 0. The molecule has 0 aromatic carbocycles. The molecule has 3 fully saturated rings. The third-order valence-electron chi connectivity index (χ3n) is 5.76. The molecule has 0 radical (unpaired) electrons. The van der Waals surface area contributed by atoms with Crippen molar-refractivity contribution in [2.24, 2.45) is 5.92 Å². The van der Waals surface area contributed by atoms with E-state index in [4.69, 9.17) is 5.11 Å². The molecule has 2 N–H and O–H groups in total. The lowest BCUT2D eigenvalue weighted by molar-refractivity contribution is -0.139. The summed E-state index contributed by atoms with van der Waals surface area (Å²) in [7, 11) is 0. The van der Waals surface area contributed by atoms with Crippen molar-refractivity contribution in [3.05, 3.63) is 18.0 Å². The minimum atomic E-state index is -0.779. The topological polar surface area (TPSA) is 98.7 Å². The van der Waals surface area contributed by atoms with E-state index >= 15 is 0 Å². The Morgan fingerprint density at radius 2 is 2.00 bits per heavy atom. The smallest absolute Gasteiger partial charge is 0.317 e. The van der Waals surface area contributed by atoms with Crippen LogP contribution in [0.25, 0.3) is 0 Å². The van der Waals surface area contributed by atoms with Crippen molar-refractivity contribution >= 4 is 17.8 Å². The van der Waals surface area contributed by atoms with E-state index in [-0.39, 0.29) is 24.5 Å². The molecular weight excluding hydrogens is 346 g/mol. The Hall–Kier alpha value is -2.22. The molecule has 8 nitrogen and oxygen atoms in total. The van der Waals surface area contributed by atoms with Crippen molar-refractivity contribution < 1.29 is 14.7 Å². The predicted octanol–water partition coefficient (Wildman–Crippen LogP) is 1.13. The van der Waals surface area contributed by atoms with Crippen LogP contribution in [0.1, 0.15) is 49.0 Å². The first-order chi connectivity index (χ1) is 13.1. The largest absolute Gasteiger partial charge is 0.480 e. The van der Waals surface area contributed by atoms with Crippen LogP contribution in [0.3, 0.4) is 0 Å². The number of nitrogens with zero attached hydrogens (tertiary/aromatic N) is 4. The highest BCUT2D eigenvalue weighted by Gasteiger charge is 2.38. The van der Waals surface area contributed by atoms with E-state index in [1.54, 1.807) is 12.3 Å². The molecule has 146 valence electrons. The molecule has 0 spiro atoms. The second-order valence-corrected chi connectivity index (χ2v) is 8.00. The number of carbonyl (C=O) groups is 2. The normalized spacial score (nSPS) is 24.7. The number of anilines is 1. The summed E-state index contributed by atoms with van der Waals surface area (Å²) < 4.78 is 0. The Morgan fingerprint density at radius 3 is 2.67 bits per heavy atom. The molecule has 1 saturated heterocycles. The van der Waals surface area contributed by atoms with Crippen LogP contribution in [0.5, 0.6) is 0 Å². The van der Waals surface area contributed by atoms with Gasteiger partial charge in [-0.2, -0.15) is 0 Å². The fourth-order valence-electron chi connectivity index (χ4n) is 3.96. The van der Waals surface area contributed by atoms with Gasteiger partial charge in [0.1, 0.15) is 5.69 Å². The van der Waals surface area contributed by atoms with Crippen LogP contribution in [0.15, 0.2) is 12.3 Å². The number of carbonyl (C=O) groups excluding carboxylic acids is 1. The Kier molecular flexibility index (Phi) is 5.24. The monoisotopic (exact) mass is 373 g/mol. The van der Waals surface area contributed by atoms with E-state index < -0.39 is 5.97 Å². The average molecular weight is 373 g/mol. The molecule has 0 unspecified atom stereocenters. The first kappa shape index (κ1) is 18.2. The fourth-order valence-corrected chi connectivity index (χ4v) is 3.96. The van der Waals surface area contributed by atoms with E-state index in [1.165, 1.54) is 12.8 Å². The van der Waals surface area contributed by atoms with Crippen molar-refractivity contribution in [3.63, 3.8) is 0 Å². The first-order valence-corrected chi connectivity index (χ1v) is 9.93. The van der Waals surface area contributed by atoms with Crippen LogP contribution in [0, 0.1) is 5.92 Å². The minimum Gasteiger partial charge on any atom is -0.480 e. The highest BCUT2D eigenvalue weighted by atomic mass is 16.4. The van der Waals surface area contributed by atoms with Crippen molar-refractivity contribution in [2.75, 3.05) is 31.1 Å². The van der Waals surface area contributed by atoms with Gasteiger partial charge in [0, 0.05) is 37.9 Å². The molecule has 4 rings (SSSR count). The van der Waals surface area contributed by atoms with Gasteiger partial charge in [-0.15, -0.1) is 0 Å². The molecule has 3 aliphatic rings. The molecule has 0 atom stereocenters. The maximum Gasteiger partial charge on any atom is 0.317 e. The van der Waals surface area contributed by atoms with Gasteiger partial charge >= 0.3 is 5.97 Å². The summed E-state index contributed by atoms with van der Waals surface area (Å²) in [6.45, 7) is 2.83. The Morgan fingerprint density at radius 1 is 1.26 bits per heavy atom. The van der Waals surface area contributed by atoms with Crippen LogP contribution in [0.4, 0.5) is 5.95 Å². The maximum absolute atomic E-state index is 12.5. The van der Waals surface area contributed by atoms with E-state index in [9.17, 15) is 9.59 Å². The average Bonchev–Trinajstić information content (AvgIpc) is 3.25. The van der Waals surface area contributed by atoms with Crippen molar-refractivity contribution in [2.45, 2.75) is 50.6 Å². The molecule has 27 heavy (non-hydrogen) atoms. The lowest BCUT2D eigenvalue weighted by atomic mass is 9.85. The van der Waals surface area contributed by atoms with Crippen LogP contribution in [0.2, 0.25) is 0 Å². The minimum absolute atomic E-state index is 0.0863. The second kappa shape index (κ2) is 7.80. The number of rotatable bonds is 8. The number of aliphatic carboxylic acids is 1. The Bertz CT molecular complexity index is 696. The standard InChI is InChI=1S/C19H27N5O3/c25-17(26)12-24(11-13-3-4-13)15-9-14(10-15)21-18(27)16-5-6-20-19(22-16)23-7-1-2-8-23/h5-6,13-15H,1-4,7-12H2,(H,21,27)(H,25,26). The summed E-state index contributed by atoms with van der Waals surface area (Å²) in [4.78, 5) is 36.5. The van der Waals surface area contributed by atoms with Gasteiger partial charge in [0.2, 0.25) is 5.95 Å². The molecule has 1 amide bonds. The number of carboxylic acid groups (broad SMARTS) is 1. The quantitative estimate of drug-likeness (QED) is 0.705.